The number of hydrogen-bond acceptors (Lipinski definition) is 2. The maximum absolute atomic E-state index is 10.0. The number of unbranched alkanes of at least 4 members (excludes halogenated alkanes) is 1. The normalized spacial score (nSPS) is 12.5. The van der Waals surface area contributed by atoms with Crippen molar-refractivity contribution < 1.29 is 14.0 Å². The molecular formula is C8H16O3P+. The van der Waals surface area contributed by atoms with E-state index in [0.29, 0.717) is 5.92 Å². The van der Waals surface area contributed by atoms with Gasteiger partial charge in [0.2, 0.25) is 0 Å². The summed E-state index contributed by atoms with van der Waals surface area (Å²) in [4.78, 5) is 8.23. The molecule has 1 unspecified atom stereocenters. The van der Waals surface area contributed by atoms with Gasteiger partial charge in [-0.25, -0.2) is 4.52 Å². The van der Waals surface area contributed by atoms with Gasteiger partial charge in [0.25, 0.3) is 0 Å². The van der Waals surface area contributed by atoms with Crippen molar-refractivity contribution in [3.05, 3.63) is 12.3 Å². The monoisotopic (exact) mass is 191 g/mol. The van der Waals surface area contributed by atoms with Gasteiger partial charge in [-0.2, -0.15) is 0 Å². The van der Waals surface area contributed by atoms with Crippen LogP contribution in [0.5, 0.6) is 0 Å². The molecule has 0 aromatic carbocycles. The van der Waals surface area contributed by atoms with Gasteiger partial charge in [-0.3, -0.25) is 0 Å². The van der Waals surface area contributed by atoms with Crippen molar-refractivity contribution in [2.24, 2.45) is 5.92 Å². The maximum Gasteiger partial charge on any atom is 0.746 e. The van der Waals surface area contributed by atoms with Crippen molar-refractivity contribution in [2.75, 3.05) is 0 Å². The van der Waals surface area contributed by atoms with Gasteiger partial charge in [-0.1, -0.05) is 20.3 Å². The number of rotatable bonds is 6. The molecule has 0 heterocycles. The van der Waals surface area contributed by atoms with Crippen molar-refractivity contribution in [2.45, 2.75) is 33.1 Å². The molecule has 70 valence electrons. The molecule has 4 heteroatoms. The van der Waals surface area contributed by atoms with E-state index < -0.39 is 8.25 Å². The van der Waals surface area contributed by atoms with E-state index in [9.17, 15) is 4.57 Å². The summed E-state index contributed by atoms with van der Waals surface area (Å²) in [5.41, 5.74) is 0. The lowest BCUT2D eigenvalue weighted by molar-refractivity contribution is 0.377. The van der Waals surface area contributed by atoms with Crippen LogP contribution in [0.4, 0.5) is 0 Å². The SMILES string of the molecule is CC(C)CCCC=CO[P+](=O)O. The zero-order valence-corrected chi connectivity index (χ0v) is 8.46. The molecular weight excluding hydrogens is 175 g/mol. The fourth-order valence-corrected chi connectivity index (χ4v) is 0.997. The quantitative estimate of drug-likeness (QED) is 0.399. The van der Waals surface area contributed by atoms with Crippen LogP contribution in [0.1, 0.15) is 33.1 Å². The lowest BCUT2D eigenvalue weighted by Gasteiger charge is -1.99. The van der Waals surface area contributed by atoms with Crippen LogP contribution in [-0.2, 0) is 9.09 Å². The summed E-state index contributed by atoms with van der Waals surface area (Å²) in [6, 6.07) is 0. The predicted octanol–water partition coefficient (Wildman–Crippen LogP) is 2.99. The Morgan fingerprint density at radius 3 is 2.75 bits per heavy atom. The minimum atomic E-state index is -2.47. The Bertz CT molecular complexity index is 154. The molecule has 0 amide bonds. The topological polar surface area (TPSA) is 46.5 Å². The summed E-state index contributed by atoms with van der Waals surface area (Å²) in [5, 5.41) is 0. The molecule has 0 rings (SSSR count). The molecule has 1 atom stereocenters. The second-order valence-corrected chi connectivity index (χ2v) is 3.73. The van der Waals surface area contributed by atoms with E-state index in [-0.39, 0.29) is 0 Å². The van der Waals surface area contributed by atoms with E-state index in [0.717, 1.165) is 12.8 Å². The Kier molecular flexibility index (Phi) is 7.02. The summed E-state index contributed by atoms with van der Waals surface area (Å²) in [5.74, 6) is 0.716. The average molecular weight is 191 g/mol. The van der Waals surface area contributed by atoms with Crippen molar-refractivity contribution in [3.63, 3.8) is 0 Å². The zero-order valence-electron chi connectivity index (χ0n) is 7.56. The molecule has 1 N–H and O–H groups in total. The van der Waals surface area contributed by atoms with Gasteiger partial charge in [0.15, 0.2) is 0 Å². The smallest absolute Gasteiger partial charge is 0.238 e. The van der Waals surface area contributed by atoms with E-state index in [4.69, 9.17) is 4.89 Å². The maximum atomic E-state index is 10.0. The van der Waals surface area contributed by atoms with Gasteiger partial charge in [0, 0.05) is 4.57 Å². The molecule has 0 aromatic rings. The van der Waals surface area contributed by atoms with Crippen molar-refractivity contribution >= 4 is 8.25 Å². The number of allylic oxidation sites excluding steroid dienone is 1. The van der Waals surface area contributed by atoms with Crippen molar-refractivity contribution in [1.29, 1.82) is 0 Å². The van der Waals surface area contributed by atoms with Crippen molar-refractivity contribution in [3.8, 4) is 0 Å². The molecule has 3 nitrogen and oxygen atoms in total. The molecule has 12 heavy (non-hydrogen) atoms. The Morgan fingerprint density at radius 1 is 1.58 bits per heavy atom. The number of hydrogen-bond donors (Lipinski definition) is 1. The minimum Gasteiger partial charge on any atom is -0.238 e. The van der Waals surface area contributed by atoms with Gasteiger partial charge in [0.1, 0.15) is 6.26 Å². The molecule has 0 aliphatic heterocycles. The Hall–Kier alpha value is -0.400. The molecule has 0 aliphatic rings. The fourth-order valence-electron chi connectivity index (χ4n) is 0.807. The van der Waals surface area contributed by atoms with Gasteiger partial charge >= 0.3 is 8.25 Å². The average Bonchev–Trinajstić information content (AvgIpc) is 1.95. The van der Waals surface area contributed by atoms with E-state index in [1.54, 1.807) is 6.08 Å². The molecule has 0 aromatic heterocycles. The first kappa shape index (κ1) is 11.6. The molecule has 0 radical (unpaired) electrons. The Balaban J connectivity index is 3.19. The zero-order chi connectivity index (χ0) is 9.40. The predicted molar refractivity (Wildman–Crippen MR) is 48.7 cm³/mol. The van der Waals surface area contributed by atoms with E-state index in [1.165, 1.54) is 12.7 Å². The van der Waals surface area contributed by atoms with Crippen LogP contribution in [0.15, 0.2) is 12.3 Å². The molecule has 0 saturated carbocycles. The van der Waals surface area contributed by atoms with Crippen LogP contribution in [0.25, 0.3) is 0 Å². The van der Waals surface area contributed by atoms with Crippen LogP contribution in [0, 0.1) is 5.92 Å². The first-order chi connectivity index (χ1) is 5.63. The first-order valence-electron chi connectivity index (χ1n) is 4.11. The summed E-state index contributed by atoms with van der Waals surface area (Å²) in [6.45, 7) is 4.34. The van der Waals surface area contributed by atoms with Crippen molar-refractivity contribution in [1.82, 2.24) is 0 Å². The van der Waals surface area contributed by atoms with Gasteiger partial charge < -0.3 is 0 Å². The third-order valence-electron chi connectivity index (χ3n) is 1.40. The minimum absolute atomic E-state index is 0.716. The van der Waals surface area contributed by atoms with Crippen LogP contribution in [0.2, 0.25) is 0 Å². The summed E-state index contributed by atoms with van der Waals surface area (Å²) in [7, 11) is -2.47. The molecule has 0 spiro atoms. The highest BCUT2D eigenvalue weighted by Crippen LogP contribution is 2.15. The fraction of sp³-hybridized carbons (Fsp3) is 0.750. The first-order valence-corrected chi connectivity index (χ1v) is 5.24. The third-order valence-corrected chi connectivity index (χ3v) is 1.70. The highest BCUT2D eigenvalue weighted by molar-refractivity contribution is 7.32. The lowest BCUT2D eigenvalue weighted by Crippen LogP contribution is -1.84. The van der Waals surface area contributed by atoms with E-state index >= 15 is 0 Å². The Labute approximate surface area is 74.4 Å². The molecule has 0 fully saturated rings. The second kappa shape index (κ2) is 7.26. The van der Waals surface area contributed by atoms with Crippen LogP contribution >= 0.6 is 8.25 Å². The van der Waals surface area contributed by atoms with Gasteiger partial charge in [-0.05, 0) is 24.8 Å². The van der Waals surface area contributed by atoms with Gasteiger partial charge in [0.05, 0.1) is 0 Å². The highest BCUT2D eigenvalue weighted by Gasteiger charge is 2.06. The van der Waals surface area contributed by atoms with Crippen LogP contribution in [-0.4, -0.2) is 4.89 Å². The second-order valence-electron chi connectivity index (χ2n) is 3.04. The molecule has 0 saturated heterocycles. The van der Waals surface area contributed by atoms with E-state index in [1.807, 2.05) is 0 Å². The Morgan fingerprint density at radius 2 is 2.25 bits per heavy atom. The lowest BCUT2D eigenvalue weighted by atomic mass is 10.1. The van der Waals surface area contributed by atoms with Crippen LogP contribution in [0.3, 0.4) is 0 Å². The standard InChI is InChI=1S/C8H15O3P/c1-8(2)6-4-3-5-7-11-12(9)10/h5,7-8H,3-4,6H2,1-2H3/p+1. The third kappa shape index (κ3) is 9.60. The molecule has 0 bridgehead atoms. The largest absolute Gasteiger partial charge is 0.746 e. The van der Waals surface area contributed by atoms with E-state index in [2.05, 4.69) is 18.4 Å². The summed E-state index contributed by atoms with van der Waals surface area (Å²) < 4.78 is 14.3. The highest BCUT2D eigenvalue weighted by atomic mass is 31.1. The van der Waals surface area contributed by atoms with Crippen LogP contribution < -0.4 is 0 Å². The van der Waals surface area contributed by atoms with Gasteiger partial charge in [-0.15, -0.1) is 4.89 Å². The summed E-state index contributed by atoms with van der Waals surface area (Å²) in [6.07, 6.45) is 6.24. The summed E-state index contributed by atoms with van der Waals surface area (Å²) >= 11 is 0. The molecule has 0 aliphatic carbocycles.